The fraction of sp³-hybridized carbons (Fsp3) is 0.636. The first kappa shape index (κ1) is 12.1. The van der Waals surface area contributed by atoms with Crippen molar-refractivity contribution < 1.29 is 4.79 Å². The van der Waals surface area contributed by atoms with Gasteiger partial charge < -0.3 is 10.6 Å². The summed E-state index contributed by atoms with van der Waals surface area (Å²) in [5.41, 5.74) is 2.54. The minimum Gasteiger partial charge on any atom is -0.322 e. The van der Waals surface area contributed by atoms with Crippen molar-refractivity contribution in [1.29, 1.82) is 0 Å². The number of anilines is 1. The van der Waals surface area contributed by atoms with Gasteiger partial charge in [0.1, 0.15) is 0 Å². The molecule has 17 heavy (non-hydrogen) atoms. The number of aryl methyl sites for hydroxylation is 2. The summed E-state index contributed by atoms with van der Waals surface area (Å²) in [5, 5.41) is 13.1. The van der Waals surface area contributed by atoms with Crippen LogP contribution in [0.15, 0.2) is 0 Å². The largest absolute Gasteiger partial charge is 0.322 e. The Morgan fingerprint density at radius 2 is 2.12 bits per heavy atom. The van der Waals surface area contributed by atoms with E-state index in [-0.39, 0.29) is 5.91 Å². The highest BCUT2D eigenvalue weighted by atomic mass is 16.2. The third-order valence-corrected chi connectivity index (χ3v) is 2.97. The molecular formula is C11H19N5O. The van der Waals surface area contributed by atoms with Crippen molar-refractivity contribution >= 4 is 11.6 Å². The molecule has 0 saturated carbocycles. The summed E-state index contributed by atoms with van der Waals surface area (Å²) in [7, 11) is 0. The normalized spacial score (nSPS) is 17.1. The van der Waals surface area contributed by atoms with Gasteiger partial charge in [-0.2, -0.15) is 5.10 Å². The molecule has 3 N–H and O–H groups in total. The fourth-order valence-corrected chi connectivity index (χ4v) is 1.99. The third kappa shape index (κ3) is 3.04. The van der Waals surface area contributed by atoms with Crippen LogP contribution in [-0.4, -0.2) is 53.7 Å². The van der Waals surface area contributed by atoms with E-state index in [1.807, 2.05) is 13.8 Å². The number of aromatic amines is 1. The molecule has 1 amide bonds. The highest BCUT2D eigenvalue weighted by Gasteiger charge is 2.15. The molecule has 0 unspecified atom stereocenters. The Balaban J connectivity index is 1.88. The molecule has 0 radical (unpaired) electrons. The number of carbonyl (C=O) groups excluding carboxylic acids is 1. The summed E-state index contributed by atoms with van der Waals surface area (Å²) in [6, 6.07) is 0. The van der Waals surface area contributed by atoms with E-state index in [1.54, 1.807) is 0 Å². The number of rotatable bonds is 3. The minimum absolute atomic E-state index is 0.0273. The summed E-state index contributed by atoms with van der Waals surface area (Å²) in [5.74, 6) is 0.0273. The zero-order valence-electron chi connectivity index (χ0n) is 10.3. The van der Waals surface area contributed by atoms with Crippen LogP contribution in [0.25, 0.3) is 0 Å². The van der Waals surface area contributed by atoms with Gasteiger partial charge in [0.05, 0.1) is 23.6 Å². The maximum Gasteiger partial charge on any atom is 0.238 e. The molecule has 0 bridgehead atoms. The summed E-state index contributed by atoms with van der Waals surface area (Å²) in [6.45, 7) is 8.00. The summed E-state index contributed by atoms with van der Waals surface area (Å²) in [4.78, 5) is 14.0. The highest BCUT2D eigenvalue weighted by Crippen LogP contribution is 2.15. The molecule has 1 aromatic rings. The van der Waals surface area contributed by atoms with Crippen molar-refractivity contribution in [3.63, 3.8) is 0 Å². The van der Waals surface area contributed by atoms with E-state index in [1.165, 1.54) is 0 Å². The number of nitrogens with zero attached hydrogens (tertiary/aromatic N) is 2. The quantitative estimate of drug-likeness (QED) is 0.685. The number of piperazine rings is 1. The number of carbonyl (C=O) groups is 1. The van der Waals surface area contributed by atoms with Crippen LogP contribution >= 0.6 is 0 Å². The molecule has 0 aromatic carbocycles. The van der Waals surface area contributed by atoms with Crippen LogP contribution in [-0.2, 0) is 4.79 Å². The molecule has 1 aromatic heterocycles. The Morgan fingerprint density at radius 3 is 2.71 bits per heavy atom. The zero-order valence-corrected chi connectivity index (χ0v) is 10.3. The predicted molar refractivity (Wildman–Crippen MR) is 66.0 cm³/mol. The lowest BCUT2D eigenvalue weighted by Gasteiger charge is -2.26. The van der Waals surface area contributed by atoms with Crippen molar-refractivity contribution in [3.05, 3.63) is 11.4 Å². The summed E-state index contributed by atoms with van der Waals surface area (Å²) < 4.78 is 0. The van der Waals surface area contributed by atoms with E-state index in [0.29, 0.717) is 6.54 Å². The van der Waals surface area contributed by atoms with Gasteiger partial charge in [0, 0.05) is 26.2 Å². The number of hydrogen-bond acceptors (Lipinski definition) is 4. The summed E-state index contributed by atoms with van der Waals surface area (Å²) in [6.07, 6.45) is 0. The van der Waals surface area contributed by atoms with Gasteiger partial charge in [0.15, 0.2) is 0 Å². The van der Waals surface area contributed by atoms with Gasteiger partial charge in [0.2, 0.25) is 5.91 Å². The highest BCUT2D eigenvalue weighted by molar-refractivity contribution is 5.93. The van der Waals surface area contributed by atoms with Crippen LogP contribution in [0.5, 0.6) is 0 Å². The van der Waals surface area contributed by atoms with Gasteiger partial charge in [-0.05, 0) is 13.8 Å². The van der Waals surface area contributed by atoms with Gasteiger partial charge in [-0.25, -0.2) is 0 Å². The zero-order chi connectivity index (χ0) is 12.3. The molecular weight excluding hydrogens is 218 g/mol. The molecule has 1 aliphatic heterocycles. The first-order chi connectivity index (χ1) is 8.16. The van der Waals surface area contributed by atoms with Crippen LogP contribution in [0.1, 0.15) is 11.4 Å². The van der Waals surface area contributed by atoms with E-state index in [0.717, 1.165) is 43.3 Å². The first-order valence-electron chi connectivity index (χ1n) is 5.91. The Kier molecular flexibility index (Phi) is 3.75. The molecule has 0 aliphatic carbocycles. The van der Waals surface area contributed by atoms with Gasteiger partial charge in [0.25, 0.3) is 0 Å². The third-order valence-electron chi connectivity index (χ3n) is 2.97. The number of hydrogen-bond donors (Lipinski definition) is 3. The van der Waals surface area contributed by atoms with Gasteiger partial charge in [-0.15, -0.1) is 0 Å². The van der Waals surface area contributed by atoms with Crippen molar-refractivity contribution in [2.45, 2.75) is 13.8 Å². The van der Waals surface area contributed by atoms with Crippen LogP contribution < -0.4 is 10.6 Å². The Morgan fingerprint density at radius 1 is 1.41 bits per heavy atom. The fourth-order valence-electron chi connectivity index (χ4n) is 1.99. The monoisotopic (exact) mass is 237 g/mol. The molecule has 1 saturated heterocycles. The number of aromatic nitrogens is 2. The molecule has 1 fully saturated rings. The van der Waals surface area contributed by atoms with Crippen molar-refractivity contribution in [2.75, 3.05) is 38.0 Å². The second-order valence-corrected chi connectivity index (χ2v) is 4.38. The molecule has 2 heterocycles. The number of amides is 1. The maximum atomic E-state index is 11.9. The van der Waals surface area contributed by atoms with E-state index in [4.69, 9.17) is 0 Å². The lowest BCUT2D eigenvalue weighted by molar-refractivity contribution is -0.117. The molecule has 6 heteroatoms. The van der Waals surface area contributed by atoms with Crippen molar-refractivity contribution in [1.82, 2.24) is 20.4 Å². The van der Waals surface area contributed by atoms with Gasteiger partial charge >= 0.3 is 0 Å². The maximum absolute atomic E-state index is 11.9. The van der Waals surface area contributed by atoms with Gasteiger partial charge in [-0.3, -0.25) is 14.8 Å². The van der Waals surface area contributed by atoms with Crippen LogP contribution in [0, 0.1) is 13.8 Å². The van der Waals surface area contributed by atoms with Gasteiger partial charge in [-0.1, -0.05) is 0 Å². The topological polar surface area (TPSA) is 73.0 Å². The molecule has 2 rings (SSSR count). The number of H-pyrrole nitrogens is 1. The average Bonchev–Trinajstić information content (AvgIpc) is 2.62. The lowest BCUT2D eigenvalue weighted by atomic mass is 10.3. The van der Waals surface area contributed by atoms with Crippen LogP contribution in [0.3, 0.4) is 0 Å². The lowest BCUT2D eigenvalue weighted by Crippen LogP contribution is -2.46. The SMILES string of the molecule is Cc1n[nH]c(C)c1NC(=O)CN1CCNCC1. The molecule has 6 nitrogen and oxygen atoms in total. The van der Waals surface area contributed by atoms with Crippen LogP contribution in [0.4, 0.5) is 5.69 Å². The molecule has 0 atom stereocenters. The Bertz CT molecular complexity index is 375. The second kappa shape index (κ2) is 5.29. The standard InChI is InChI=1S/C11H19N5O/c1-8-11(9(2)15-14-8)13-10(17)7-16-5-3-12-4-6-16/h12H,3-7H2,1-2H3,(H,13,17)(H,14,15). The smallest absolute Gasteiger partial charge is 0.238 e. The molecule has 94 valence electrons. The van der Waals surface area contributed by atoms with Crippen molar-refractivity contribution in [2.24, 2.45) is 0 Å². The predicted octanol–water partition coefficient (Wildman–Crippen LogP) is -0.130. The Labute approximate surface area is 101 Å². The van der Waals surface area contributed by atoms with E-state index in [9.17, 15) is 4.79 Å². The van der Waals surface area contributed by atoms with Crippen molar-refractivity contribution in [3.8, 4) is 0 Å². The minimum atomic E-state index is 0.0273. The van der Waals surface area contributed by atoms with E-state index >= 15 is 0 Å². The average molecular weight is 237 g/mol. The first-order valence-corrected chi connectivity index (χ1v) is 5.91. The van der Waals surface area contributed by atoms with Crippen LogP contribution in [0.2, 0.25) is 0 Å². The summed E-state index contributed by atoms with van der Waals surface area (Å²) >= 11 is 0. The van der Waals surface area contributed by atoms with E-state index in [2.05, 4.69) is 25.7 Å². The number of nitrogens with one attached hydrogen (secondary N) is 3. The molecule has 1 aliphatic rings. The molecule has 0 spiro atoms. The van der Waals surface area contributed by atoms with E-state index < -0.39 is 0 Å². The second-order valence-electron chi connectivity index (χ2n) is 4.38. The Hall–Kier alpha value is -1.40.